The molecule has 0 radical (unpaired) electrons. The highest BCUT2D eigenvalue weighted by Gasteiger charge is 2.17. The van der Waals surface area contributed by atoms with Gasteiger partial charge in [-0.15, -0.1) is 0 Å². The van der Waals surface area contributed by atoms with Gasteiger partial charge in [-0.1, -0.05) is 28.5 Å². The Bertz CT molecular complexity index is 117. The summed E-state index contributed by atoms with van der Waals surface area (Å²) in [6.07, 6.45) is 0.749. The first-order valence-corrected chi connectivity index (χ1v) is 5.92. The van der Waals surface area contributed by atoms with Gasteiger partial charge in [0, 0.05) is 17.0 Å². The third-order valence-electron chi connectivity index (χ3n) is 1.01. The fourth-order valence-corrected chi connectivity index (χ4v) is 2.60. The lowest BCUT2D eigenvalue weighted by Crippen LogP contribution is -2.30. The number of carbonyl (C=O) groups excluding carboxylic acids is 1. The summed E-state index contributed by atoms with van der Waals surface area (Å²) >= 11 is 0. The Labute approximate surface area is 76.3 Å². The molecular weight excluding hydrogens is 178 g/mol. The molecule has 0 aliphatic carbocycles. The zero-order valence-corrected chi connectivity index (χ0v) is 8.85. The summed E-state index contributed by atoms with van der Waals surface area (Å²) in [5.41, 5.74) is 0. The third kappa shape index (κ3) is 6.56. The van der Waals surface area contributed by atoms with Gasteiger partial charge in [0.25, 0.3) is 0 Å². The molecule has 0 aromatic heterocycles. The van der Waals surface area contributed by atoms with Gasteiger partial charge in [0.05, 0.1) is 0 Å². The lowest BCUT2D eigenvalue weighted by molar-refractivity contribution is -0.109. The van der Waals surface area contributed by atoms with E-state index >= 15 is 0 Å². The number of amides is 1. The molecule has 1 N–H and O–H groups in total. The number of carbonyl (C=O) groups is 1. The number of rotatable bonds is 6. The summed E-state index contributed by atoms with van der Waals surface area (Å²) < 4.78 is 0.140. The lowest BCUT2D eigenvalue weighted by atomic mass is 10.2. The molecule has 0 aromatic carbocycles. The van der Waals surface area contributed by atoms with Crippen LogP contribution < -0.4 is 5.32 Å². The first-order chi connectivity index (χ1) is 5.12. The van der Waals surface area contributed by atoms with Crippen LogP contribution >= 0.6 is 21.6 Å². The van der Waals surface area contributed by atoms with Crippen LogP contribution in [0.1, 0.15) is 20.8 Å². The molecule has 66 valence electrons. The van der Waals surface area contributed by atoms with Crippen molar-refractivity contribution >= 4 is 28.0 Å². The normalized spacial score (nSPS) is 11.2. The lowest BCUT2D eigenvalue weighted by Gasteiger charge is -2.21. The van der Waals surface area contributed by atoms with Crippen molar-refractivity contribution in [3.8, 4) is 0 Å². The van der Waals surface area contributed by atoms with Crippen LogP contribution in [0.2, 0.25) is 0 Å². The highest BCUT2D eigenvalue weighted by Crippen LogP contribution is 2.34. The van der Waals surface area contributed by atoms with Gasteiger partial charge in [-0.05, 0) is 13.8 Å². The van der Waals surface area contributed by atoms with E-state index in [2.05, 4.69) is 26.1 Å². The average molecular weight is 193 g/mol. The number of hydrogen-bond donors (Lipinski definition) is 1. The maximum Gasteiger partial charge on any atom is 0.207 e. The van der Waals surface area contributed by atoms with E-state index in [9.17, 15) is 4.79 Å². The maximum atomic E-state index is 10.00. The van der Waals surface area contributed by atoms with Gasteiger partial charge >= 0.3 is 0 Å². The van der Waals surface area contributed by atoms with E-state index < -0.39 is 0 Å². The fourth-order valence-electron chi connectivity index (χ4n) is 0.535. The van der Waals surface area contributed by atoms with Crippen LogP contribution in [-0.2, 0) is 4.79 Å². The third-order valence-corrected chi connectivity index (χ3v) is 4.38. The van der Waals surface area contributed by atoms with Gasteiger partial charge in [-0.2, -0.15) is 0 Å². The molecule has 0 bridgehead atoms. The summed E-state index contributed by atoms with van der Waals surface area (Å²) in [5, 5.41) is 2.68. The maximum absolute atomic E-state index is 10.00. The molecule has 0 heterocycles. The standard InChI is InChI=1S/C7H15NOS2/c1-4-10-11-7(2,3)5-8-6-9/h6H,4-5H2,1-3H3,(H,8,9). The Hall–Kier alpha value is 0.170. The zero-order valence-electron chi connectivity index (χ0n) is 7.22. The predicted molar refractivity (Wildman–Crippen MR) is 53.9 cm³/mol. The van der Waals surface area contributed by atoms with Crippen molar-refractivity contribution in [2.75, 3.05) is 12.3 Å². The van der Waals surface area contributed by atoms with E-state index in [1.165, 1.54) is 0 Å². The minimum atomic E-state index is 0.140. The summed E-state index contributed by atoms with van der Waals surface area (Å²) in [6.45, 7) is 7.10. The minimum absolute atomic E-state index is 0.140. The van der Waals surface area contributed by atoms with E-state index in [0.29, 0.717) is 0 Å². The summed E-state index contributed by atoms with van der Waals surface area (Å²) in [6, 6.07) is 0. The van der Waals surface area contributed by atoms with Crippen LogP contribution in [0, 0.1) is 0 Å². The molecule has 0 fully saturated rings. The van der Waals surface area contributed by atoms with Gasteiger partial charge in [-0.3, -0.25) is 4.79 Å². The predicted octanol–water partition coefficient (Wildman–Crippen LogP) is 1.91. The molecule has 0 aliphatic heterocycles. The number of nitrogens with one attached hydrogen (secondary N) is 1. The van der Waals surface area contributed by atoms with Crippen LogP contribution in [0.15, 0.2) is 0 Å². The molecule has 0 saturated heterocycles. The monoisotopic (exact) mass is 193 g/mol. The Balaban J connectivity index is 3.51. The van der Waals surface area contributed by atoms with Gasteiger partial charge < -0.3 is 5.32 Å². The van der Waals surface area contributed by atoms with E-state index in [0.717, 1.165) is 18.7 Å². The van der Waals surface area contributed by atoms with Crippen molar-refractivity contribution in [2.24, 2.45) is 0 Å². The Morgan fingerprint density at radius 1 is 1.55 bits per heavy atom. The minimum Gasteiger partial charge on any atom is -0.357 e. The molecular formula is C7H15NOS2. The zero-order chi connectivity index (χ0) is 8.74. The highest BCUT2D eigenvalue weighted by molar-refractivity contribution is 8.77. The molecule has 0 saturated carbocycles. The second-order valence-corrected chi connectivity index (χ2v) is 6.04. The first-order valence-electron chi connectivity index (χ1n) is 3.60. The first kappa shape index (κ1) is 11.2. The number of hydrogen-bond acceptors (Lipinski definition) is 3. The summed E-state index contributed by atoms with van der Waals surface area (Å²) in [7, 11) is 3.64. The van der Waals surface area contributed by atoms with Crippen molar-refractivity contribution < 1.29 is 4.79 Å². The topological polar surface area (TPSA) is 29.1 Å². The molecule has 0 unspecified atom stereocenters. The highest BCUT2D eigenvalue weighted by atomic mass is 33.1. The van der Waals surface area contributed by atoms with Crippen molar-refractivity contribution in [1.29, 1.82) is 0 Å². The Kier molecular flexibility index (Phi) is 5.86. The van der Waals surface area contributed by atoms with E-state index in [1.807, 2.05) is 21.6 Å². The largest absolute Gasteiger partial charge is 0.357 e. The summed E-state index contributed by atoms with van der Waals surface area (Å²) in [5.74, 6) is 1.11. The van der Waals surface area contributed by atoms with E-state index in [-0.39, 0.29) is 4.75 Å². The molecule has 4 heteroatoms. The van der Waals surface area contributed by atoms with Gasteiger partial charge in [-0.25, -0.2) is 0 Å². The molecule has 1 amide bonds. The molecule has 0 spiro atoms. The van der Waals surface area contributed by atoms with Crippen LogP contribution in [0.4, 0.5) is 0 Å². The van der Waals surface area contributed by atoms with E-state index in [4.69, 9.17) is 0 Å². The molecule has 11 heavy (non-hydrogen) atoms. The van der Waals surface area contributed by atoms with E-state index in [1.54, 1.807) is 0 Å². The smallest absolute Gasteiger partial charge is 0.207 e. The van der Waals surface area contributed by atoms with Crippen molar-refractivity contribution in [2.45, 2.75) is 25.5 Å². The van der Waals surface area contributed by atoms with Gasteiger partial charge in [0.2, 0.25) is 6.41 Å². The van der Waals surface area contributed by atoms with Gasteiger partial charge in [0.1, 0.15) is 0 Å². The van der Waals surface area contributed by atoms with Crippen molar-refractivity contribution in [1.82, 2.24) is 5.32 Å². The second-order valence-electron chi connectivity index (χ2n) is 2.75. The molecule has 0 aromatic rings. The quantitative estimate of drug-likeness (QED) is 0.516. The average Bonchev–Trinajstić information content (AvgIpc) is 1.97. The molecule has 0 atom stereocenters. The molecule has 2 nitrogen and oxygen atoms in total. The fraction of sp³-hybridized carbons (Fsp3) is 0.857. The van der Waals surface area contributed by atoms with Crippen LogP contribution in [0.5, 0.6) is 0 Å². The molecule has 0 rings (SSSR count). The Morgan fingerprint density at radius 2 is 2.18 bits per heavy atom. The Morgan fingerprint density at radius 3 is 2.64 bits per heavy atom. The second kappa shape index (κ2) is 5.77. The van der Waals surface area contributed by atoms with Crippen LogP contribution in [0.25, 0.3) is 0 Å². The summed E-state index contributed by atoms with van der Waals surface area (Å²) in [4.78, 5) is 10.00. The molecule has 0 aliphatic rings. The van der Waals surface area contributed by atoms with Crippen LogP contribution in [-0.4, -0.2) is 23.5 Å². The van der Waals surface area contributed by atoms with Crippen molar-refractivity contribution in [3.63, 3.8) is 0 Å². The van der Waals surface area contributed by atoms with Gasteiger partial charge in [0.15, 0.2) is 0 Å². The van der Waals surface area contributed by atoms with Crippen molar-refractivity contribution in [3.05, 3.63) is 0 Å². The van der Waals surface area contributed by atoms with Crippen LogP contribution in [0.3, 0.4) is 0 Å². The SMILES string of the molecule is CCSSC(C)(C)CNC=O.